The molecule has 1 N–H and O–H groups in total. The topological polar surface area (TPSA) is 246 Å². The molecule has 0 fully saturated rings. The van der Waals surface area contributed by atoms with Gasteiger partial charge in [-0.25, -0.2) is 0 Å². The molecule has 0 aliphatic carbocycles. The van der Waals surface area contributed by atoms with Crippen molar-refractivity contribution >= 4 is 41.7 Å². The van der Waals surface area contributed by atoms with Crippen LogP contribution in [0.1, 0.15) is 58.4 Å². The molecule has 0 spiro atoms. The molecular formula is C29H33F9N2O15S3. The van der Waals surface area contributed by atoms with Crippen LogP contribution in [0.2, 0.25) is 0 Å². The maximum atomic E-state index is 12.4. The highest BCUT2D eigenvalue weighted by Crippen LogP contribution is 2.47. The van der Waals surface area contributed by atoms with Gasteiger partial charge in [-0.05, 0) is 55.4 Å². The van der Waals surface area contributed by atoms with Crippen LogP contribution in [-0.2, 0) is 51.0 Å². The van der Waals surface area contributed by atoms with Gasteiger partial charge in [0.15, 0.2) is 0 Å². The van der Waals surface area contributed by atoms with E-state index in [9.17, 15) is 90.1 Å². The van der Waals surface area contributed by atoms with E-state index in [4.69, 9.17) is 9.47 Å². The van der Waals surface area contributed by atoms with Crippen molar-refractivity contribution in [1.82, 2.24) is 0 Å². The van der Waals surface area contributed by atoms with Gasteiger partial charge in [0, 0.05) is 57.3 Å². The average Bonchev–Trinajstić information content (AvgIpc) is 3.59. The van der Waals surface area contributed by atoms with E-state index in [1.165, 1.54) is 13.8 Å². The normalized spacial score (nSPS) is 19.4. The third-order valence-corrected chi connectivity index (χ3v) is 12.3. The van der Waals surface area contributed by atoms with Crippen LogP contribution in [-0.4, -0.2) is 81.1 Å². The Morgan fingerprint density at radius 3 is 1.21 bits per heavy atom. The number of alkyl halides is 9. The van der Waals surface area contributed by atoms with Gasteiger partial charge >= 0.3 is 46.9 Å². The van der Waals surface area contributed by atoms with Crippen molar-refractivity contribution in [2.24, 2.45) is 0 Å². The number of nitro groups is 2. The third-order valence-electron chi connectivity index (χ3n) is 8.73. The Bertz CT molecular complexity index is 2290. The Kier molecular flexibility index (Phi) is 14.0. The molecule has 0 saturated heterocycles. The molecule has 0 radical (unpaired) electrons. The Morgan fingerprint density at radius 2 is 0.914 bits per heavy atom. The number of nitro benzene ring substituents is 2. The van der Waals surface area contributed by atoms with Crippen LogP contribution < -0.4 is 9.47 Å². The summed E-state index contributed by atoms with van der Waals surface area (Å²) in [5.41, 5.74) is -15.4. The largest absolute Gasteiger partial charge is 0.524 e. The summed E-state index contributed by atoms with van der Waals surface area (Å²) in [6.07, 6.45) is 0.496. The van der Waals surface area contributed by atoms with Crippen LogP contribution in [0.15, 0.2) is 0 Å². The molecule has 4 rings (SSSR count). The molecule has 2 heterocycles. The molecule has 2 atom stereocenters. The van der Waals surface area contributed by atoms with Crippen LogP contribution in [0, 0.1) is 61.8 Å². The van der Waals surface area contributed by atoms with E-state index in [-0.39, 0.29) is 29.3 Å². The van der Waals surface area contributed by atoms with Crippen LogP contribution in [0.25, 0.3) is 0 Å². The zero-order valence-electron chi connectivity index (χ0n) is 31.0. The van der Waals surface area contributed by atoms with Crippen molar-refractivity contribution in [3.63, 3.8) is 0 Å². The summed E-state index contributed by atoms with van der Waals surface area (Å²) in [7, 11) is -19.4. The number of halogens is 9. The fourth-order valence-corrected chi connectivity index (χ4v) is 7.63. The summed E-state index contributed by atoms with van der Waals surface area (Å²) in [5, 5.41) is 31.8. The third kappa shape index (κ3) is 10.2. The standard InChI is InChI=1S/C14H16F3NO6S.C13H17NO4.C2F6O5S2/c1-7-8(2)12-10(9(3)11(7)18(19)20)5-13(4,24-12)6-23-25(21,22)14(15,16)17;1-7-8(2)12-10(5-13(4,6-15)18-12)9(3)11(7)14(16)17;3-1(4,5)14(9,10)13-15(11,12)2(6,7)8/h5-6H2,1-4H3;15H,5-6H2,1-4H3;. The van der Waals surface area contributed by atoms with Gasteiger partial charge in [-0.15, -0.1) is 3.63 Å². The second-order valence-electron chi connectivity index (χ2n) is 13.2. The molecule has 330 valence electrons. The molecule has 2 unspecified atom stereocenters. The van der Waals surface area contributed by atoms with Crippen LogP contribution in [0.3, 0.4) is 0 Å². The first-order valence-electron chi connectivity index (χ1n) is 15.5. The second-order valence-corrected chi connectivity index (χ2v) is 18.1. The minimum Gasteiger partial charge on any atom is -0.484 e. The van der Waals surface area contributed by atoms with Gasteiger partial charge in [-0.1, -0.05) is 0 Å². The van der Waals surface area contributed by atoms with Crippen LogP contribution in [0.5, 0.6) is 11.5 Å². The van der Waals surface area contributed by atoms with Gasteiger partial charge in [0.25, 0.3) is 11.4 Å². The van der Waals surface area contributed by atoms with E-state index in [1.807, 2.05) is 17.5 Å². The predicted octanol–water partition coefficient (Wildman–Crippen LogP) is 5.99. The predicted molar refractivity (Wildman–Crippen MR) is 179 cm³/mol. The molecule has 0 aromatic heterocycles. The zero-order chi connectivity index (χ0) is 45.7. The summed E-state index contributed by atoms with van der Waals surface area (Å²) < 4.78 is 185. The summed E-state index contributed by atoms with van der Waals surface area (Å²) >= 11 is 0. The summed E-state index contributed by atoms with van der Waals surface area (Å²) in [4.78, 5) is 21.5. The Morgan fingerprint density at radius 1 is 0.603 bits per heavy atom. The molecule has 2 aromatic carbocycles. The fourth-order valence-electron chi connectivity index (χ4n) is 5.53. The minimum atomic E-state index is -6.85. The van der Waals surface area contributed by atoms with Crippen molar-refractivity contribution < 1.29 is 97.0 Å². The van der Waals surface area contributed by atoms with E-state index >= 15 is 0 Å². The van der Waals surface area contributed by atoms with Crippen molar-refractivity contribution in [2.45, 2.75) is 96.0 Å². The molecule has 29 heteroatoms. The number of ether oxygens (including phenoxy) is 2. The fraction of sp³-hybridized carbons (Fsp3) is 0.586. The van der Waals surface area contributed by atoms with E-state index in [2.05, 4.69) is 4.18 Å². The molecule has 0 amide bonds. The monoisotopic (exact) mass is 916 g/mol. The van der Waals surface area contributed by atoms with Gasteiger partial charge in [-0.2, -0.15) is 64.8 Å². The van der Waals surface area contributed by atoms with E-state index in [1.54, 1.807) is 27.7 Å². The number of hydrogen-bond acceptors (Lipinski definition) is 15. The lowest BCUT2D eigenvalue weighted by Crippen LogP contribution is -2.39. The van der Waals surface area contributed by atoms with E-state index < -0.39 is 69.6 Å². The molecule has 0 saturated carbocycles. The first kappa shape index (κ1) is 50.1. The number of fused-ring (bicyclic) bond motifs is 2. The van der Waals surface area contributed by atoms with Crippen molar-refractivity contribution in [3.8, 4) is 11.5 Å². The molecule has 2 aromatic rings. The van der Waals surface area contributed by atoms with Gasteiger partial charge in [0.05, 0.1) is 16.5 Å². The Balaban J connectivity index is 0.000000312. The van der Waals surface area contributed by atoms with Crippen molar-refractivity contribution in [1.29, 1.82) is 0 Å². The lowest BCUT2D eigenvalue weighted by molar-refractivity contribution is -0.386. The second kappa shape index (κ2) is 16.2. The van der Waals surface area contributed by atoms with Crippen LogP contribution in [0.4, 0.5) is 50.9 Å². The average molecular weight is 917 g/mol. The van der Waals surface area contributed by atoms with Gasteiger partial charge in [-0.3, -0.25) is 24.4 Å². The maximum Gasteiger partial charge on any atom is 0.524 e. The van der Waals surface area contributed by atoms with Crippen molar-refractivity contribution in [3.05, 3.63) is 64.7 Å². The number of benzene rings is 2. The molecule has 0 bridgehead atoms. The minimum absolute atomic E-state index is 0.0104. The quantitative estimate of drug-likeness (QED) is 0.105. The molecular weight excluding hydrogens is 884 g/mol. The van der Waals surface area contributed by atoms with E-state index in [0.29, 0.717) is 51.3 Å². The highest BCUT2D eigenvalue weighted by atomic mass is 32.3. The Hall–Kier alpha value is -4.06. The highest BCUT2D eigenvalue weighted by molar-refractivity contribution is 8.00. The van der Waals surface area contributed by atoms with Gasteiger partial charge < -0.3 is 14.6 Å². The number of nitrogens with zero attached hydrogens (tertiary/aromatic N) is 2. The lowest BCUT2D eigenvalue weighted by Gasteiger charge is -2.24. The SMILES string of the molecule is Cc1c(C)c([N+](=O)[O-])c(C)c2c1OC(C)(CO)C2.Cc1c(C)c([N+](=O)[O-])c(C)c2c1OC(C)(COS(=O)(=O)C(F)(F)F)C2.O=S(=O)(OS(=O)(=O)C(F)(F)F)C(F)(F)F. The highest BCUT2D eigenvalue weighted by Gasteiger charge is 2.57. The van der Waals surface area contributed by atoms with Crippen molar-refractivity contribution in [2.75, 3.05) is 13.2 Å². The smallest absolute Gasteiger partial charge is 0.484 e. The molecule has 58 heavy (non-hydrogen) atoms. The molecule has 2 aliphatic rings. The van der Waals surface area contributed by atoms with E-state index in [0.717, 1.165) is 11.1 Å². The van der Waals surface area contributed by atoms with Gasteiger partial charge in [0.2, 0.25) is 0 Å². The summed E-state index contributed by atoms with van der Waals surface area (Å²) in [5.74, 6) is 1.02. The lowest BCUT2D eigenvalue weighted by atomic mass is 9.92. The summed E-state index contributed by atoms with van der Waals surface area (Å²) in [6, 6.07) is 0. The first-order chi connectivity index (χ1) is 25.7. The number of hydrogen-bond donors (Lipinski definition) is 1. The summed E-state index contributed by atoms with van der Waals surface area (Å²) in [6.45, 7) is 12.2. The number of rotatable bonds is 8. The van der Waals surface area contributed by atoms with Crippen LogP contribution >= 0.6 is 0 Å². The first-order valence-corrected chi connectivity index (χ1v) is 19.8. The van der Waals surface area contributed by atoms with Gasteiger partial charge in [0.1, 0.15) is 29.3 Å². The maximum absolute atomic E-state index is 12.4. The molecule has 2 aliphatic heterocycles. The number of aliphatic hydroxyl groups is 1. The number of aliphatic hydroxyl groups excluding tert-OH is 1. The Labute approximate surface area is 323 Å². The zero-order valence-corrected chi connectivity index (χ0v) is 33.5. The molecule has 17 nitrogen and oxygen atoms in total.